The Hall–Kier alpha value is -1.26. The van der Waals surface area contributed by atoms with Gasteiger partial charge >= 0.3 is 0 Å². The number of aromatic nitrogens is 2. The Bertz CT molecular complexity index is 619. The minimum absolute atomic E-state index is 0.0529. The van der Waals surface area contributed by atoms with E-state index in [1.165, 1.54) is 0 Å². The number of fused-ring (bicyclic) bond motifs is 1. The van der Waals surface area contributed by atoms with Crippen molar-refractivity contribution in [3.8, 4) is 0 Å². The van der Waals surface area contributed by atoms with Crippen LogP contribution in [0.15, 0.2) is 12.3 Å². The van der Waals surface area contributed by atoms with Gasteiger partial charge in [-0.2, -0.15) is 0 Å². The quantitative estimate of drug-likeness (QED) is 0.922. The third kappa shape index (κ3) is 2.31. The highest BCUT2D eigenvalue weighted by molar-refractivity contribution is 6.36. The van der Waals surface area contributed by atoms with Gasteiger partial charge in [0, 0.05) is 12.2 Å². The molecule has 0 saturated heterocycles. The van der Waals surface area contributed by atoms with Crippen molar-refractivity contribution >= 4 is 34.8 Å². The minimum atomic E-state index is -0.187. The molecule has 2 rings (SSSR count). The van der Waals surface area contributed by atoms with Gasteiger partial charge in [0.2, 0.25) is 0 Å². The molecule has 2 aromatic heterocycles. The van der Waals surface area contributed by atoms with Gasteiger partial charge in [-0.3, -0.25) is 9.20 Å². The lowest BCUT2D eigenvalue weighted by Crippen LogP contribution is -2.31. The van der Waals surface area contributed by atoms with Gasteiger partial charge in [-0.1, -0.05) is 23.2 Å². The van der Waals surface area contributed by atoms with Crippen LogP contribution in [0.5, 0.6) is 0 Å². The van der Waals surface area contributed by atoms with Gasteiger partial charge in [-0.15, -0.1) is 0 Å². The fraction of sp³-hybridized carbons (Fsp3) is 0.333. The first kappa shape index (κ1) is 13.2. The average Bonchev–Trinajstić information content (AvgIpc) is 2.53. The third-order valence-electron chi connectivity index (χ3n) is 2.45. The molecule has 0 bridgehead atoms. The molecule has 0 spiro atoms. The van der Waals surface area contributed by atoms with Gasteiger partial charge in [0.05, 0.1) is 15.7 Å². The Morgan fingerprint density at radius 2 is 2.11 bits per heavy atom. The Morgan fingerprint density at radius 3 is 2.72 bits per heavy atom. The molecule has 0 aromatic carbocycles. The lowest BCUT2D eigenvalue weighted by Gasteiger charge is -2.09. The number of hydrogen-bond donors (Lipinski definition) is 1. The van der Waals surface area contributed by atoms with E-state index in [2.05, 4.69) is 10.3 Å². The summed E-state index contributed by atoms with van der Waals surface area (Å²) < 4.78 is 1.62. The van der Waals surface area contributed by atoms with Crippen LogP contribution in [0, 0.1) is 6.92 Å². The molecule has 0 saturated carbocycles. The number of carbonyl (C=O) groups is 1. The van der Waals surface area contributed by atoms with Gasteiger partial charge in [-0.25, -0.2) is 4.98 Å². The SMILES string of the molecule is Cc1nc2c(Cl)cc(Cl)cn2c1C(=O)NC(C)C. The second-order valence-electron chi connectivity index (χ2n) is 4.37. The summed E-state index contributed by atoms with van der Waals surface area (Å²) in [7, 11) is 0. The van der Waals surface area contributed by atoms with Crippen LogP contribution in [0.1, 0.15) is 30.0 Å². The van der Waals surface area contributed by atoms with Crippen molar-refractivity contribution in [3.63, 3.8) is 0 Å². The summed E-state index contributed by atoms with van der Waals surface area (Å²) in [6, 6.07) is 1.66. The zero-order valence-corrected chi connectivity index (χ0v) is 11.8. The van der Waals surface area contributed by atoms with E-state index in [9.17, 15) is 4.79 Å². The van der Waals surface area contributed by atoms with Crippen molar-refractivity contribution in [1.82, 2.24) is 14.7 Å². The lowest BCUT2D eigenvalue weighted by atomic mass is 10.3. The second kappa shape index (κ2) is 4.78. The highest BCUT2D eigenvalue weighted by atomic mass is 35.5. The predicted molar refractivity (Wildman–Crippen MR) is 72.6 cm³/mol. The molecule has 0 aliphatic rings. The van der Waals surface area contributed by atoms with Crippen molar-refractivity contribution < 1.29 is 4.79 Å². The molecule has 0 radical (unpaired) electrons. The molecule has 2 heterocycles. The van der Waals surface area contributed by atoms with Crippen LogP contribution in [0.25, 0.3) is 5.65 Å². The van der Waals surface area contributed by atoms with Crippen molar-refractivity contribution in [1.29, 1.82) is 0 Å². The molecule has 0 atom stereocenters. The number of carbonyl (C=O) groups excluding carboxylic acids is 1. The molecule has 1 amide bonds. The number of halogens is 2. The van der Waals surface area contributed by atoms with E-state index in [4.69, 9.17) is 23.2 Å². The van der Waals surface area contributed by atoms with E-state index in [0.717, 1.165) is 0 Å². The molecule has 96 valence electrons. The molecular weight excluding hydrogens is 273 g/mol. The van der Waals surface area contributed by atoms with Gasteiger partial charge in [0.15, 0.2) is 5.65 Å². The van der Waals surface area contributed by atoms with Crippen molar-refractivity contribution in [2.24, 2.45) is 0 Å². The van der Waals surface area contributed by atoms with E-state index in [1.807, 2.05) is 13.8 Å². The number of nitrogens with one attached hydrogen (secondary N) is 1. The van der Waals surface area contributed by atoms with Crippen molar-refractivity contribution in [2.75, 3.05) is 0 Å². The zero-order chi connectivity index (χ0) is 13.4. The molecule has 0 aliphatic carbocycles. The zero-order valence-electron chi connectivity index (χ0n) is 10.3. The van der Waals surface area contributed by atoms with E-state index < -0.39 is 0 Å². The van der Waals surface area contributed by atoms with Gasteiger partial charge in [0.1, 0.15) is 5.69 Å². The van der Waals surface area contributed by atoms with Crippen molar-refractivity contribution in [2.45, 2.75) is 26.8 Å². The smallest absolute Gasteiger partial charge is 0.270 e. The number of aryl methyl sites for hydroxylation is 1. The minimum Gasteiger partial charge on any atom is -0.349 e. The number of nitrogens with zero attached hydrogens (tertiary/aromatic N) is 2. The van der Waals surface area contributed by atoms with Crippen LogP contribution in [0.4, 0.5) is 0 Å². The fourth-order valence-corrected chi connectivity index (χ4v) is 2.30. The molecule has 0 unspecified atom stereocenters. The monoisotopic (exact) mass is 285 g/mol. The van der Waals surface area contributed by atoms with E-state index >= 15 is 0 Å². The largest absolute Gasteiger partial charge is 0.349 e. The van der Waals surface area contributed by atoms with Crippen LogP contribution in [-0.4, -0.2) is 21.3 Å². The van der Waals surface area contributed by atoms with Crippen LogP contribution in [-0.2, 0) is 0 Å². The van der Waals surface area contributed by atoms with Gasteiger partial charge in [0.25, 0.3) is 5.91 Å². The molecular formula is C12H13Cl2N3O. The summed E-state index contributed by atoms with van der Waals surface area (Å²) in [5, 5.41) is 3.72. The van der Waals surface area contributed by atoms with Gasteiger partial charge in [-0.05, 0) is 26.8 Å². The Morgan fingerprint density at radius 1 is 1.44 bits per heavy atom. The highest BCUT2D eigenvalue weighted by Gasteiger charge is 2.18. The summed E-state index contributed by atoms with van der Waals surface area (Å²) in [5.41, 5.74) is 1.62. The molecule has 0 aliphatic heterocycles. The molecule has 4 nitrogen and oxygen atoms in total. The fourth-order valence-electron chi connectivity index (χ4n) is 1.79. The van der Waals surface area contributed by atoms with Crippen LogP contribution in [0.2, 0.25) is 10.0 Å². The Kier molecular flexibility index (Phi) is 3.50. The number of rotatable bonds is 2. The average molecular weight is 286 g/mol. The normalized spacial score (nSPS) is 11.2. The maximum absolute atomic E-state index is 12.1. The topological polar surface area (TPSA) is 46.4 Å². The summed E-state index contributed by atoms with van der Waals surface area (Å²) >= 11 is 12.0. The summed E-state index contributed by atoms with van der Waals surface area (Å²) in [5.74, 6) is -0.187. The maximum atomic E-state index is 12.1. The molecule has 18 heavy (non-hydrogen) atoms. The summed E-state index contributed by atoms with van der Waals surface area (Å²) in [4.78, 5) is 16.4. The van der Waals surface area contributed by atoms with E-state index in [0.29, 0.717) is 27.1 Å². The highest BCUT2D eigenvalue weighted by Crippen LogP contribution is 2.24. The number of pyridine rings is 1. The van der Waals surface area contributed by atoms with Crippen molar-refractivity contribution in [3.05, 3.63) is 33.7 Å². The molecule has 0 fully saturated rings. The second-order valence-corrected chi connectivity index (χ2v) is 5.22. The summed E-state index contributed by atoms with van der Waals surface area (Å²) in [6.45, 7) is 5.57. The lowest BCUT2D eigenvalue weighted by molar-refractivity contribution is 0.0936. The first-order valence-electron chi connectivity index (χ1n) is 5.54. The molecule has 1 N–H and O–H groups in total. The van der Waals surface area contributed by atoms with Crippen LogP contribution in [0.3, 0.4) is 0 Å². The third-order valence-corrected chi connectivity index (χ3v) is 2.94. The van der Waals surface area contributed by atoms with E-state index in [1.54, 1.807) is 23.6 Å². The molecule has 2 aromatic rings. The maximum Gasteiger partial charge on any atom is 0.270 e. The number of amides is 1. The predicted octanol–water partition coefficient (Wildman–Crippen LogP) is 3.09. The first-order chi connectivity index (χ1) is 8.40. The van der Waals surface area contributed by atoms with Crippen LogP contribution >= 0.6 is 23.2 Å². The Balaban J connectivity index is 2.63. The molecule has 6 heteroatoms. The Labute approximate surface area is 115 Å². The van der Waals surface area contributed by atoms with Gasteiger partial charge < -0.3 is 5.32 Å². The van der Waals surface area contributed by atoms with E-state index in [-0.39, 0.29) is 11.9 Å². The summed E-state index contributed by atoms with van der Waals surface area (Å²) in [6.07, 6.45) is 1.64. The van der Waals surface area contributed by atoms with Crippen LogP contribution < -0.4 is 5.32 Å². The number of imidazole rings is 1. The number of hydrogen-bond acceptors (Lipinski definition) is 2. The standard InChI is InChI=1S/C12H13Cl2N3O/c1-6(2)15-12(18)10-7(3)16-11-9(14)4-8(13)5-17(10)11/h4-6H,1-3H3,(H,15,18). The first-order valence-corrected chi connectivity index (χ1v) is 6.30.